The fourth-order valence-electron chi connectivity index (χ4n) is 1.82. The van der Waals surface area contributed by atoms with Crippen LogP contribution in [0.2, 0.25) is 0 Å². The van der Waals surface area contributed by atoms with Crippen LogP contribution >= 0.6 is 0 Å². The van der Waals surface area contributed by atoms with Gasteiger partial charge in [-0.15, -0.1) is 0 Å². The predicted molar refractivity (Wildman–Crippen MR) is 54.9 cm³/mol. The van der Waals surface area contributed by atoms with Crippen LogP contribution in [0.3, 0.4) is 0 Å². The van der Waals surface area contributed by atoms with Crippen molar-refractivity contribution in [1.82, 2.24) is 5.32 Å². The van der Waals surface area contributed by atoms with E-state index in [0.717, 1.165) is 30.9 Å². The topological polar surface area (TPSA) is 41.5 Å². The lowest BCUT2D eigenvalue weighted by Gasteiger charge is -2.07. The molecule has 1 unspecified atom stereocenters. The molecule has 3 heteroatoms. The Labute approximate surface area is 83.7 Å². The molecule has 0 aromatic heterocycles. The number of rotatable bonds is 3. The number of ether oxygens (including phenoxy) is 1. The molecule has 14 heavy (non-hydrogen) atoms. The van der Waals surface area contributed by atoms with Gasteiger partial charge in [-0.1, -0.05) is 0 Å². The fraction of sp³-hybridized carbons (Fsp3) is 0.455. The summed E-state index contributed by atoms with van der Waals surface area (Å²) in [4.78, 5) is 0. The first-order chi connectivity index (χ1) is 6.81. The maximum atomic E-state index is 9.37. The molecule has 0 bridgehead atoms. The highest BCUT2D eigenvalue weighted by atomic mass is 16.5. The number of hydrogen-bond donors (Lipinski definition) is 2. The highest BCUT2D eigenvalue weighted by Gasteiger charge is 2.23. The Morgan fingerprint density at radius 1 is 1.57 bits per heavy atom. The van der Waals surface area contributed by atoms with E-state index in [-0.39, 0.29) is 0 Å². The maximum absolute atomic E-state index is 9.37. The van der Waals surface area contributed by atoms with Gasteiger partial charge in [-0.2, -0.15) is 0 Å². The van der Waals surface area contributed by atoms with Gasteiger partial charge in [0.25, 0.3) is 0 Å². The normalized spacial score (nSPS) is 19.1. The van der Waals surface area contributed by atoms with Gasteiger partial charge in [-0.3, -0.25) is 0 Å². The van der Waals surface area contributed by atoms with Crippen molar-refractivity contribution in [3.63, 3.8) is 0 Å². The molecule has 0 saturated carbocycles. The van der Waals surface area contributed by atoms with Crippen LogP contribution in [0.5, 0.6) is 11.5 Å². The molecule has 0 fully saturated rings. The minimum absolute atomic E-state index is 0.323. The van der Waals surface area contributed by atoms with Crippen molar-refractivity contribution >= 4 is 0 Å². The summed E-state index contributed by atoms with van der Waals surface area (Å²) in [6.45, 7) is 1.71. The van der Waals surface area contributed by atoms with Gasteiger partial charge < -0.3 is 15.2 Å². The first kappa shape index (κ1) is 9.34. The number of hydrogen-bond acceptors (Lipinski definition) is 3. The zero-order chi connectivity index (χ0) is 9.97. The van der Waals surface area contributed by atoms with E-state index in [0.29, 0.717) is 11.7 Å². The van der Waals surface area contributed by atoms with Crippen LogP contribution in [-0.2, 0) is 0 Å². The second kappa shape index (κ2) is 3.88. The van der Waals surface area contributed by atoms with E-state index < -0.39 is 0 Å². The molecule has 2 N–H and O–H groups in total. The van der Waals surface area contributed by atoms with Gasteiger partial charge >= 0.3 is 0 Å². The van der Waals surface area contributed by atoms with E-state index in [1.807, 2.05) is 19.2 Å². The smallest absolute Gasteiger partial charge is 0.123 e. The second-order valence-electron chi connectivity index (χ2n) is 3.62. The molecule has 0 spiro atoms. The van der Waals surface area contributed by atoms with Gasteiger partial charge in [0, 0.05) is 11.5 Å². The lowest BCUT2D eigenvalue weighted by molar-refractivity contribution is 0.324. The number of phenols is 1. The Balaban J connectivity index is 2.16. The number of aromatic hydroxyl groups is 1. The second-order valence-corrected chi connectivity index (χ2v) is 3.62. The lowest BCUT2D eigenvalue weighted by atomic mass is 9.98. The van der Waals surface area contributed by atoms with Crippen molar-refractivity contribution in [2.45, 2.75) is 12.3 Å². The van der Waals surface area contributed by atoms with Crippen LogP contribution in [0.15, 0.2) is 18.2 Å². The summed E-state index contributed by atoms with van der Waals surface area (Å²) < 4.78 is 5.52. The highest BCUT2D eigenvalue weighted by Crippen LogP contribution is 2.37. The van der Waals surface area contributed by atoms with E-state index in [2.05, 4.69) is 5.32 Å². The van der Waals surface area contributed by atoms with Crippen LogP contribution in [0, 0.1) is 0 Å². The summed E-state index contributed by atoms with van der Waals surface area (Å²) in [6.07, 6.45) is 1.05. The van der Waals surface area contributed by atoms with Crippen LogP contribution in [-0.4, -0.2) is 25.3 Å². The molecule has 1 aliphatic rings. The maximum Gasteiger partial charge on any atom is 0.123 e. The van der Waals surface area contributed by atoms with Crippen molar-refractivity contribution in [2.24, 2.45) is 0 Å². The van der Waals surface area contributed by atoms with Crippen molar-refractivity contribution < 1.29 is 9.84 Å². The molecule has 0 radical (unpaired) electrons. The summed E-state index contributed by atoms with van der Waals surface area (Å²) in [5, 5.41) is 12.5. The molecule has 2 rings (SSSR count). The van der Waals surface area contributed by atoms with E-state index in [9.17, 15) is 5.11 Å². The van der Waals surface area contributed by atoms with Crippen molar-refractivity contribution in [3.05, 3.63) is 23.8 Å². The molecule has 1 aliphatic heterocycles. The molecule has 0 saturated heterocycles. The van der Waals surface area contributed by atoms with Gasteiger partial charge in [0.1, 0.15) is 11.5 Å². The fourth-order valence-corrected chi connectivity index (χ4v) is 1.82. The van der Waals surface area contributed by atoms with E-state index in [4.69, 9.17) is 4.74 Å². The lowest BCUT2D eigenvalue weighted by Crippen LogP contribution is -2.12. The average molecular weight is 193 g/mol. The van der Waals surface area contributed by atoms with E-state index in [1.54, 1.807) is 6.07 Å². The first-order valence-corrected chi connectivity index (χ1v) is 4.91. The number of benzene rings is 1. The molecule has 1 atom stereocenters. The van der Waals surface area contributed by atoms with Crippen LogP contribution in [0.25, 0.3) is 0 Å². The number of fused-ring (bicyclic) bond motifs is 1. The van der Waals surface area contributed by atoms with Crippen molar-refractivity contribution in [2.75, 3.05) is 20.2 Å². The monoisotopic (exact) mass is 193 g/mol. The summed E-state index contributed by atoms with van der Waals surface area (Å²) >= 11 is 0. The van der Waals surface area contributed by atoms with Gasteiger partial charge in [0.15, 0.2) is 0 Å². The Bertz CT molecular complexity index is 325. The molecule has 1 aromatic rings. The Morgan fingerprint density at radius 3 is 3.21 bits per heavy atom. The molecular weight excluding hydrogens is 178 g/mol. The minimum Gasteiger partial charge on any atom is -0.508 e. The number of phenolic OH excluding ortho intramolecular Hbond substituents is 1. The standard InChI is InChI=1S/C11H15NO2/c1-12-5-4-8-7-14-11-3-2-9(13)6-10(8)11/h2-3,6,8,12-13H,4-5,7H2,1H3. The quantitative estimate of drug-likeness (QED) is 0.764. The molecule has 0 amide bonds. The van der Waals surface area contributed by atoms with Crippen LogP contribution < -0.4 is 10.1 Å². The van der Waals surface area contributed by atoms with Gasteiger partial charge in [-0.05, 0) is 38.2 Å². The largest absolute Gasteiger partial charge is 0.508 e. The van der Waals surface area contributed by atoms with Crippen molar-refractivity contribution in [1.29, 1.82) is 0 Å². The summed E-state index contributed by atoms with van der Waals surface area (Å²) in [6, 6.07) is 5.31. The predicted octanol–water partition coefficient (Wildman–Crippen LogP) is 1.48. The average Bonchev–Trinajstić information content (AvgIpc) is 2.57. The zero-order valence-corrected chi connectivity index (χ0v) is 8.29. The third kappa shape index (κ3) is 1.68. The SMILES string of the molecule is CNCCC1COc2ccc(O)cc21. The van der Waals surface area contributed by atoms with Gasteiger partial charge in [-0.25, -0.2) is 0 Å². The third-order valence-corrected chi connectivity index (χ3v) is 2.62. The number of nitrogens with one attached hydrogen (secondary N) is 1. The molecule has 1 heterocycles. The van der Waals surface area contributed by atoms with Crippen LogP contribution in [0.1, 0.15) is 17.9 Å². The zero-order valence-electron chi connectivity index (χ0n) is 8.29. The summed E-state index contributed by atoms with van der Waals surface area (Å²) in [7, 11) is 1.94. The van der Waals surface area contributed by atoms with Gasteiger partial charge in [0.05, 0.1) is 6.61 Å². The van der Waals surface area contributed by atoms with Crippen LogP contribution in [0.4, 0.5) is 0 Å². The molecular formula is C11H15NO2. The van der Waals surface area contributed by atoms with E-state index in [1.165, 1.54) is 0 Å². The molecule has 0 aliphatic carbocycles. The van der Waals surface area contributed by atoms with Crippen molar-refractivity contribution in [3.8, 4) is 11.5 Å². The summed E-state index contributed by atoms with van der Waals surface area (Å²) in [5.74, 6) is 1.66. The molecule has 3 nitrogen and oxygen atoms in total. The molecule has 76 valence electrons. The van der Waals surface area contributed by atoms with E-state index >= 15 is 0 Å². The highest BCUT2D eigenvalue weighted by molar-refractivity contribution is 5.44. The molecule has 1 aromatic carbocycles. The third-order valence-electron chi connectivity index (χ3n) is 2.62. The minimum atomic E-state index is 0.323. The summed E-state index contributed by atoms with van der Waals surface area (Å²) in [5.41, 5.74) is 1.14. The Kier molecular flexibility index (Phi) is 2.59. The Morgan fingerprint density at radius 2 is 2.43 bits per heavy atom. The Hall–Kier alpha value is -1.22. The first-order valence-electron chi connectivity index (χ1n) is 4.91. The van der Waals surface area contributed by atoms with Gasteiger partial charge in [0.2, 0.25) is 0 Å².